The van der Waals surface area contributed by atoms with Gasteiger partial charge >= 0.3 is 11.9 Å². The minimum absolute atomic E-state index is 0.214. The molecule has 1 heterocycles. The zero-order valence-corrected chi connectivity index (χ0v) is 13.2. The molecule has 0 unspecified atom stereocenters. The van der Waals surface area contributed by atoms with Crippen molar-refractivity contribution < 1.29 is 23.3 Å². The summed E-state index contributed by atoms with van der Waals surface area (Å²) in [5, 5.41) is 9.21. The van der Waals surface area contributed by atoms with E-state index in [4.69, 9.17) is 13.7 Å². The Morgan fingerprint density at radius 2 is 2.00 bits per heavy atom. The van der Waals surface area contributed by atoms with Crippen molar-refractivity contribution in [1.82, 2.24) is 4.98 Å². The lowest BCUT2D eigenvalue weighted by Gasteiger charge is -2.26. The number of nitrogens with zero attached hydrogens (tertiary/aromatic N) is 1. The SMILES string of the molecule is CCC(CC)(CC(=O)O)C(=O)OSc1nc2ccccc2o1. The minimum Gasteiger partial charge on any atom is -0.481 e. The zero-order chi connectivity index (χ0) is 16.2. The molecule has 1 aromatic heterocycles. The predicted molar refractivity (Wildman–Crippen MR) is 81.2 cm³/mol. The number of oxazole rings is 1. The Morgan fingerprint density at radius 3 is 2.59 bits per heavy atom. The first-order chi connectivity index (χ1) is 10.5. The summed E-state index contributed by atoms with van der Waals surface area (Å²) in [6.07, 6.45) is 0.526. The predicted octanol–water partition coefficient (Wildman–Crippen LogP) is 3.66. The Hall–Kier alpha value is -2.02. The maximum Gasteiger partial charge on any atom is 0.325 e. The van der Waals surface area contributed by atoms with Gasteiger partial charge in [-0.1, -0.05) is 26.0 Å². The number of hydrogen-bond donors (Lipinski definition) is 1. The van der Waals surface area contributed by atoms with Crippen LogP contribution in [0.15, 0.2) is 33.9 Å². The van der Waals surface area contributed by atoms with E-state index in [1.54, 1.807) is 26.0 Å². The van der Waals surface area contributed by atoms with Gasteiger partial charge in [-0.25, -0.2) is 4.98 Å². The molecule has 22 heavy (non-hydrogen) atoms. The molecule has 1 N–H and O–H groups in total. The van der Waals surface area contributed by atoms with Gasteiger partial charge < -0.3 is 13.7 Å². The molecule has 0 aliphatic heterocycles. The van der Waals surface area contributed by atoms with Gasteiger partial charge in [-0.3, -0.25) is 9.59 Å². The highest BCUT2D eigenvalue weighted by molar-refractivity contribution is 7.94. The van der Waals surface area contributed by atoms with Crippen LogP contribution in [0, 0.1) is 5.41 Å². The number of fused-ring (bicyclic) bond motifs is 1. The number of para-hydroxylation sites is 2. The van der Waals surface area contributed by atoms with Gasteiger partial charge in [0, 0.05) is 0 Å². The van der Waals surface area contributed by atoms with Crippen LogP contribution in [0.4, 0.5) is 0 Å². The second-order valence-corrected chi connectivity index (χ2v) is 5.64. The third-order valence-corrected chi connectivity index (χ3v) is 4.29. The molecule has 7 heteroatoms. The number of carboxylic acids is 1. The van der Waals surface area contributed by atoms with Crippen molar-refractivity contribution in [3.8, 4) is 0 Å². The Bertz CT molecular complexity index is 644. The van der Waals surface area contributed by atoms with E-state index >= 15 is 0 Å². The molecular weight excluding hydrogens is 306 g/mol. The van der Waals surface area contributed by atoms with Gasteiger partial charge in [0.1, 0.15) is 5.52 Å². The average Bonchev–Trinajstić information content (AvgIpc) is 2.93. The maximum absolute atomic E-state index is 12.3. The van der Waals surface area contributed by atoms with Crippen LogP contribution in [0.2, 0.25) is 0 Å². The number of rotatable bonds is 7. The molecule has 0 radical (unpaired) electrons. The highest BCUT2D eigenvalue weighted by atomic mass is 32.2. The molecule has 0 saturated carbocycles. The Balaban J connectivity index is 2.08. The molecule has 0 aliphatic carbocycles. The summed E-state index contributed by atoms with van der Waals surface area (Å²) in [6, 6.07) is 7.20. The van der Waals surface area contributed by atoms with Gasteiger partial charge in [0.25, 0.3) is 5.22 Å². The molecule has 0 atom stereocenters. The van der Waals surface area contributed by atoms with Crippen molar-refractivity contribution in [2.24, 2.45) is 5.41 Å². The first kappa shape index (κ1) is 16.4. The summed E-state index contributed by atoms with van der Waals surface area (Å²) in [5.74, 6) is -1.58. The number of hydrogen-bond acceptors (Lipinski definition) is 6. The molecule has 0 bridgehead atoms. The molecule has 118 valence electrons. The fourth-order valence-corrected chi connectivity index (χ4v) is 2.78. The largest absolute Gasteiger partial charge is 0.481 e. The number of aromatic nitrogens is 1. The summed E-state index contributed by atoms with van der Waals surface area (Å²) in [6.45, 7) is 3.55. The zero-order valence-electron chi connectivity index (χ0n) is 12.4. The van der Waals surface area contributed by atoms with Gasteiger partial charge in [-0.15, -0.1) is 0 Å². The van der Waals surface area contributed by atoms with E-state index in [1.165, 1.54) is 0 Å². The monoisotopic (exact) mass is 323 g/mol. The van der Waals surface area contributed by atoms with E-state index in [-0.39, 0.29) is 11.6 Å². The molecule has 0 aliphatic rings. The fraction of sp³-hybridized carbons (Fsp3) is 0.400. The molecule has 0 fully saturated rings. The summed E-state index contributed by atoms with van der Waals surface area (Å²) in [4.78, 5) is 27.4. The van der Waals surface area contributed by atoms with Gasteiger partial charge in [0.2, 0.25) is 0 Å². The van der Waals surface area contributed by atoms with Crippen LogP contribution >= 0.6 is 12.0 Å². The fourth-order valence-electron chi connectivity index (χ4n) is 2.20. The number of carboxylic acid groups (broad SMARTS) is 1. The van der Waals surface area contributed by atoms with Crippen molar-refractivity contribution in [2.75, 3.05) is 0 Å². The van der Waals surface area contributed by atoms with E-state index in [0.717, 1.165) is 12.0 Å². The molecule has 0 spiro atoms. The average molecular weight is 323 g/mol. The van der Waals surface area contributed by atoms with E-state index in [0.29, 0.717) is 23.9 Å². The van der Waals surface area contributed by atoms with Gasteiger partial charge in [0.05, 0.1) is 11.8 Å². The second kappa shape index (κ2) is 6.83. The lowest BCUT2D eigenvalue weighted by Crippen LogP contribution is -2.33. The molecule has 0 amide bonds. The van der Waals surface area contributed by atoms with E-state index in [9.17, 15) is 9.59 Å². The number of carbonyl (C=O) groups is 2. The topological polar surface area (TPSA) is 89.6 Å². The summed E-state index contributed by atoms with van der Waals surface area (Å²) in [7, 11) is 0. The lowest BCUT2D eigenvalue weighted by atomic mass is 9.79. The van der Waals surface area contributed by atoms with Gasteiger partial charge in [0.15, 0.2) is 17.6 Å². The molecule has 2 aromatic rings. The summed E-state index contributed by atoms with van der Waals surface area (Å²) in [5.41, 5.74) is 0.248. The van der Waals surface area contributed by atoms with Crippen LogP contribution in [-0.2, 0) is 13.8 Å². The van der Waals surface area contributed by atoms with Gasteiger partial charge in [-0.2, -0.15) is 0 Å². The third kappa shape index (κ3) is 3.41. The minimum atomic E-state index is -1.02. The van der Waals surface area contributed by atoms with Crippen molar-refractivity contribution >= 4 is 35.1 Å². The second-order valence-electron chi connectivity index (χ2n) is 4.96. The Morgan fingerprint density at radius 1 is 1.32 bits per heavy atom. The first-order valence-electron chi connectivity index (χ1n) is 6.97. The van der Waals surface area contributed by atoms with Gasteiger partial charge in [-0.05, 0) is 25.0 Å². The Kier molecular flexibility index (Phi) is 5.07. The van der Waals surface area contributed by atoms with E-state index < -0.39 is 17.4 Å². The molecular formula is C15H17NO5S. The van der Waals surface area contributed by atoms with Crippen molar-refractivity contribution in [3.05, 3.63) is 24.3 Å². The molecule has 0 saturated heterocycles. The number of benzene rings is 1. The van der Waals surface area contributed by atoms with Crippen molar-refractivity contribution in [2.45, 2.75) is 38.3 Å². The Labute approximate surface area is 132 Å². The molecule has 1 aromatic carbocycles. The van der Waals surface area contributed by atoms with Crippen LogP contribution in [-0.4, -0.2) is 22.0 Å². The van der Waals surface area contributed by atoms with Crippen molar-refractivity contribution in [3.63, 3.8) is 0 Å². The molecule has 2 rings (SSSR count). The number of aliphatic carboxylic acids is 1. The van der Waals surface area contributed by atoms with Crippen LogP contribution in [0.25, 0.3) is 11.1 Å². The maximum atomic E-state index is 12.3. The number of carbonyl (C=O) groups excluding carboxylic acids is 1. The van der Waals surface area contributed by atoms with E-state index in [1.807, 2.05) is 12.1 Å². The first-order valence-corrected chi connectivity index (χ1v) is 7.71. The molecule has 6 nitrogen and oxygen atoms in total. The van der Waals surface area contributed by atoms with Crippen LogP contribution in [0.5, 0.6) is 0 Å². The van der Waals surface area contributed by atoms with Crippen LogP contribution < -0.4 is 0 Å². The third-order valence-electron chi connectivity index (χ3n) is 3.74. The van der Waals surface area contributed by atoms with Crippen LogP contribution in [0.3, 0.4) is 0 Å². The van der Waals surface area contributed by atoms with Crippen LogP contribution in [0.1, 0.15) is 33.1 Å². The highest BCUT2D eigenvalue weighted by Crippen LogP contribution is 2.35. The normalized spacial score (nSPS) is 11.5. The smallest absolute Gasteiger partial charge is 0.325 e. The standard InChI is InChI=1S/C15H17NO5S/c1-3-15(4-2,9-12(17)18)13(19)21-22-14-16-10-7-5-6-8-11(10)20-14/h5-8H,3-4,9H2,1-2H3,(H,17,18). The lowest BCUT2D eigenvalue weighted by molar-refractivity contribution is -0.153. The summed E-state index contributed by atoms with van der Waals surface area (Å²) < 4.78 is 10.6. The van der Waals surface area contributed by atoms with E-state index in [2.05, 4.69) is 4.98 Å². The highest BCUT2D eigenvalue weighted by Gasteiger charge is 2.39. The quantitative estimate of drug-likeness (QED) is 0.778. The summed E-state index contributed by atoms with van der Waals surface area (Å²) >= 11 is 0.719. The van der Waals surface area contributed by atoms with Crippen molar-refractivity contribution in [1.29, 1.82) is 0 Å².